The molecule has 1 atom stereocenters. The second kappa shape index (κ2) is 10.7. The molecule has 1 aliphatic rings. The first-order chi connectivity index (χ1) is 17.9. The first kappa shape index (κ1) is 27.0. The molecule has 9 nitrogen and oxygen atoms in total. The number of rotatable bonds is 6. The predicted molar refractivity (Wildman–Crippen MR) is 131 cm³/mol. The number of carbonyl (C=O) groups is 1. The van der Waals surface area contributed by atoms with Gasteiger partial charge in [0.05, 0.1) is 5.56 Å². The van der Waals surface area contributed by atoms with Gasteiger partial charge in [-0.3, -0.25) is 14.2 Å². The van der Waals surface area contributed by atoms with Crippen molar-refractivity contribution in [2.45, 2.75) is 32.2 Å². The molecule has 0 saturated heterocycles. The van der Waals surface area contributed by atoms with E-state index in [0.29, 0.717) is 22.4 Å². The molecule has 3 aromatic rings. The van der Waals surface area contributed by atoms with Crippen molar-refractivity contribution in [1.29, 1.82) is 0 Å². The summed E-state index contributed by atoms with van der Waals surface area (Å²) < 4.78 is 49.7. The lowest BCUT2D eigenvalue weighted by Gasteiger charge is -2.19. The van der Waals surface area contributed by atoms with Crippen LogP contribution in [0.2, 0.25) is 5.02 Å². The minimum Gasteiger partial charge on any atom is -0.480 e. The number of aliphatic imine (C=N–C) groups is 1. The number of benzene rings is 2. The maximum atomic E-state index is 13.1. The van der Waals surface area contributed by atoms with Crippen LogP contribution in [-0.2, 0) is 31.2 Å². The van der Waals surface area contributed by atoms with Crippen LogP contribution in [-0.4, -0.2) is 32.5 Å². The van der Waals surface area contributed by atoms with E-state index in [2.05, 4.69) is 9.73 Å². The summed E-state index contributed by atoms with van der Waals surface area (Å²) in [6.45, 7) is -0.813. The second-order valence-electron chi connectivity index (χ2n) is 8.57. The Morgan fingerprint density at radius 1 is 1.16 bits per heavy atom. The summed E-state index contributed by atoms with van der Waals surface area (Å²) in [5.74, 6) is -2.27. The molecule has 1 N–H and O–H groups in total. The molecule has 1 unspecified atom stereocenters. The smallest absolute Gasteiger partial charge is 0.480 e. The highest BCUT2D eigenvalue weighted by molar-refractivity contribution is 6.30. The first-order valence-electron chi connectivity index (χ1n) is 11.3. The minimum absolute atomic E-state index is 0.000671. The van der Waals surface area contributed by atoms with E-state index in [1.165, 1.54) is 19.2 Å². The van der Waals surface area contributed by atoms with Crippen LogP contribution < -0.4 is 20.7 Å². The van der Waals surface area contributed by atoms with Crippen LogP contribution in [0.5, 0.6) is 11.5 Å². The number of halogens is 4. The standard InChI is InChI=1S/C25H21ClF3N3O6/c1-31-21-19(23(35)32(24(31)36)13-20(33)34)10-7-15(11-14-5-8-16(26)9-6-14)22(30-21)37-17-3-2-4-18(12-17)38-25(27,28)29/h2-6,8-9,12,15H,7,10-11,13H2,1H3,(H,33,34). The van der Waals surface area contributed by atoms with Crippen molar-refractivity contribution in [1.82, 2.24) is 9.13 Å². The Morgan fingerprint density at radius 3 is 2.50 bits per heavy atom. The van der Waals surface area contributed by atoms with Gasteiger partial charge >= 0.3 is 18.0 Å². The normalized spacial score (nSPS) is 15.3. The Balaban J connectivity index is 1.79. The number of alkyl halides is 3. The largest absolute Gasteiger partial charge is 0.573 e. The molecule has 0 spiro atoms. The third-order valence-electron chi connectivity index (χ3n) is 5.87. The fraction of sp³-hybridized carbons (Fsp3) is 0.280. The summed E-state index contributed by atoms with van der Waals surface area (Å²) in [7, 11) is 1.34. The zero-order chi connectivity index (χ0) is 27.6. The summed E-state index contributed by atoms with van der Waals surface area (Å²) in [5.41, 5.74) is -0.674. The first-order valence-corrected chi connectivity index (χ1v) is 11.7. The fourth-order valence-corrected chi connectivity index (χ4v) is 4.28. The van der Waals surface area contributed by atoms with E-state index < -0.39 is 41.8 Å². The van der Waals surface area contributed by atoms with Crippen molar-refractivity contribution in [3.05, 3.63) is 85.5 Å². The van der Waals surface area contributed by atoms with Gasteiger partial charge in [-0.15, -0.1) is 13.2 Å². The van der Waals surface area contributed by atoms with Crippen LogP contribution in [0.3, 0.4) is 0 Å². The molecule has 4 rings (SSSR count). The van der Waals surface area contributed by atoms with E-state index in [1.807, 2.05) is 0 Å². The summed E-state index contributed by atoms with van der Waals surface area (Å²) in [6, 6.07) is 11.9. The Morgan fingerprint density at radius 2 is 1.84 bits per heavy atom. The van der Waals surface area contributed by atoms with E-state index in [4.69, 9.17) is 21.4 Å². The number of carboxylic acid groups (broad SMARTS) is 1. The van der Waals surface area contributed by atoms with Gasteiger partial charge in [0.2, 0.25) is 0 Å². The molecule has 1 aliphatic heterocycles. The second-order valence-corrected chi connectivity index (χ2v) is 9.01. The van der Waals surface area contributed by atoms with E-state index in [1.54, 1.807) is 24.3 Å². The van der Waals surface area contributed by atoms with E-state index >= 15 is 0 Å². The summed E-state index contributed by atoms with van der Waals surface area (Å²) in [6.07, 6.45) is -4.07. The molecule has 13 heteroatoms. The summed E-state index contributed by atoms with van der Waals surface area (Å²) >= 11 is 5.99. The molecule has 1 aromatic heterocycles. The molecule has 0 bridgehead atoms. The van der Waals surface area contributed by atoms with Crippen molar-refractivity contribution >= 4 is 29.3 Å². The van der Waals surface area contributed by atoms with Crippen LogP contribution in [0.15, 0.2) is 63.1 Å². The molecule has 38 heavy (non-hydrogen) atoms. The Kier molecular flexibility index (Phi) is 7.63. The van der Waals surface area contributed by atoms with Crippen LogP contribution in [0.4, 0.5) is 19.0 Å². The lowest BCUT2D eigenvalue weighted by Crippen LogP contribution is -2.42. The predicted octanol–water partition coefficient (Wildman–Crippen LogP) is 4.10. The Bertz CT molecular complexity index is 1510. The third kappa shape index (κ3) is 6.25. The van der Waals surface area contributed by atoms with Crippen molar-refractivity contribution in [3.8, 4) is 11.5 Å². The number of carboxylic acids is 1. The van der Waals surface area contributed by atoms with Crippen molar-refractivity contribution < 1.29 is 32.5 Å². The molecule has 2 heterocycles. The number of hydrogen-bond donors (Lipinski definition) is 1. The SMILES string of the molecule is Cn1c2c(c(=O)n(CC(=O)O)c1=O)CCC(Cc1ccc(Cl)cc1)C(Oc1cccc(OC(F)(F)F)c1)=N2. The van der Waals surface area contributed by atoms with Gasteiger partial charge in [0, 0.05) is 24.1 Å². The molecule has 0 fully saturated rings. The Labute approximate surface area is 218 Å². The average Bonchev–Trinajstić information content (AvgIpc) is 3.01. The van der Waals surface area contributed by atoms with E-state index in [-0.39, 0.29) is 29.4 Å². The summed E-state index contributed by atoms with van der Waals surface area (Å²) in [4.78, 5) is 41.5. The van der Waals surface area contributed by atoms with Gasteiger partial charge in [0.15, 0.2) is 5.90 Å². The third-order valence-corrected chi connectivity index (χ3v) is 6.12. The lowest BCUT2D eigenvalue weighted by molar-refractivity contribution is -0.274. The van der Waals surface area contributed by atoms with Gasteiger partial charge in [-0.2, -0.15) is 4.99 Å². The number of fused-ring (bicyclic) bond motifs is 1. The number of nitrogens with zero attached hydrogens (tertiary/aromatic N) is 3. The number of aromatic nitrogens is 2. The van der Waals surface area contributed by atoms with Crippen LogP contribution >= 0.6 is 11.6 Å². The molecule has 0 amide bonds. The van der Waals surface area contributed by atoms with Crippen molar-refractivity contribution in [2.75, 3.05) is 0 Å². The number of aliphatic carboxylic acids is 1. The van der Waals surface area contributed by atoms with Gasteiger partial charge in [-0.05, 0) is 49.1 Å². The van der Waals surface area contributed by atoms with Gasteiger partial charge in [-0.25, -0.2) is 9.36 Å². The van der Waals surface area contributed by atoms with Gasteiger partial charge in [0.25, 0.3) is 5.56 Å². The van der Waals surface area contributed by atoms with Gasteiger partial charge in [0.1, 0.15) is 23.9 Å². The van der Waals surface area contributed by atoms with Crippen LogP contribution in [0.25, 0.3) is 0 Å². The van der Waals surface area contributed by atoms with Crippen LogP contribution in [0.1, 0.15) is 17.5 Å². The zero-order valence-corrected chi connectivity index (χ0v) is 20.6. The van der Waals surface area contributed by atoms with Crippen molar-refractivity contribution in [2.24, 2.45) is 18.0 Å². The highest BCUT2D eigenvalue weighted by Gasteiger charge is 2.32. The monoisotopic (exact) mass is 551 g/mol. The number of ether oxygens (including phenoxy) is 2. The van der Waals surface area contributed by atoms with Crippen molar-refractivity contribution in [3.63, 3.8) is 0 Å². The van der Waals surface area contributed by atoms with Crippen LogP contribution in [0, 0.1) is 5.92 Å². The average molecular weight is 552 g/mol. The van der Waals surface area contributed by atoms with Gasteiger partial charge in [-0.1, -0.05) is 29.8 Å². The summed E-state index contributed by atoms with van der Waals surface area (Å²) in [5, 5.41) is 9.68. The molecular formula is C25H21ClF3N3O6. The quantitative estimate of drug-likeness (QED) is 0.494. The molecule has 0 saturated carbocycles. The van der Waals surface area contributed by atoms with E-state index in [9.17, 15) is 27.6 Å². The number of hydrogen-bond acceptors (Lipinski definition) is 6. The highest BCUT2D eigenvalue weighted by Crippen LogP contribution is 2.30. The molecule has 0 aliphatic carbocycles. The molecule has 200 valence electrons. The Hall–Kier alpha value is -4.06. The lowest BCUT2D eigenvalue weighted by atomic mass is 9.93. The minimum atomic E-state index is -4.90. The maximum Gasteiger partial charge on any atom is 0.573 e. The van der Waals surface area contributed by atoms with E-state index in [0.717, 1.165) is 22.3 Å². The molecule has 2 aromatic carbocycles. The topological polar surface area (TPSA) is 112 Å². The highest BCUT2D eigenvalue weighted by atomic mass is 35.5. The zero-order valence-electron chi connectivity index (χ0n) is 19.9. The molecule has 0 radical (unpaired) electrons. The molecular weight excluding hydrogens is 531 g/mol. The fourth-order valence-electron chi connectivity index (χ4n) is 4.15. The maximum absolute atomic E-state index is 13.1. The van der Waals surface area contributed by atoms with Gasteiger partial charge < -0.3 is 14.6 Å².